The lowest BCUT2D eigenvalue weighted by Crippen LogP contribution is -2.36. The van der Waals surface area contributed by atoms with E-state index in [-0.39, 0.29) is 5.78 Å². The van der Waals surface area contributed by atoms with Crippen LogP contribution in [0.3, 0.4) is 0 Å². The highest BCUT2D eigenvalue weighted by Crippen LogP contribution is 2.18. The lowest BCUT2D eigenvalue weighted by molar-refractivity contribution is -0.140. The number of ether oxygens (including phenoxy) is 1. The standard InChI is InChI=1S/C21H42O2/c1-5-7-8-9-10-11-12-13-14-15-16-17-18-19-23-21(4,6-2)20(3)22/h5-19H2,1-4H3. The Morgan fingerprint density at radius 3 is 1.48 bits per heavy atom. The van der Waals surface area contributed by atoms with E-state index in [1.807, 2.05) is 13.8 Å². The van der Waals surface area contributed by atoms with Crippen molar-refractivity contribution in [1.29, 1.82) is 0 Å². The van der Waals surface area contributed by atoms with Gasteiger partial charge in [0.05, 0.1) is 0 Å². The molecule has 0 aromatic heterocycles. The van der Waals surface area contributed by atoms with Gasteiger partial charge < -0.3 is 4.74 Å². The second-order valence-corrected chi connectivity index (χ2v) is 7.23. The zero-order valence-electron chi connectivity index (χ0n) is 16.4. The van der Waals surface area contributed by atoms with Crippen molar-refractivity contribution >= 4 is 5.78 Å². The van der Waals surface area contributed by atoms with Crippen molar-refractivity contribution in [2.24, 2.45) is 0 Å². The average Bonchev–Trinajstić information content (AvgIpc) is 2.54. The van der Waals surface area contributed by atoms with Gasteiger partial charge in [0.15, 0.2) is 5.78 Å². The summed E-state index contributed by atoms with van der Waals surface area (Å²) in [4.78, 5) is 11.5. The number of hydrogen-bond acceptors (Lipinski definition) is 2. The average molecular weight is 327 g/mol. The molecule has 0 aliphatic rings. The van der Waals surface area contributed by atoms with E-state index >= 15 is 0 Å². The zero-order valence-corrected chi connectivity index (χ0v) is 16.4. The van der Waals surface area contributed by atoms with Gasteiger partial charge >= 0.3 is 0 Å². The Kier molecular flexibility index (Phi) is 14.9. The molecule has 0 fully saturated rings. The largest absolute Gasteiger partial charge is 0.368 e. The predicted octanol–water partition coefficient (Wildman–Crippen LogP) is 6.85. The smallest absolute Gasteiger partial charge is 0.161 e. The maximum absolute atomic E-state index is 11.5. The summed E-state index contributed by atoms with van der Waals surface area (Å²) in [5, 5.41) is 0. The molecular weight excluding hydrogens is 284 g/mol. The van der Waals surface area contributed by atoms with Gasteiger partial charge in [0.25, 0.3) is 0 Å². The first kappa shape index (κ1) is 22.6. The number of rotatable bonds is 17. The summed E-state index contributed by atoms with van der Waals surface area (Å²) in [6.07, 6.45) is 18.4. The van der Waals surface area contributed by atoms with Gasteiger partial charge in [0.1, 0.15) is 5.60 Å². The molecule has 138 valence electrons. The Morgan fingerprint density at radius 2 is 1.13 bits per heavy atom. The fourth-order valence-electron chi connectivity index (χ4n) is 2.87. The van der Waals surface area contributed by atoms with Crippen molar-refractivity contribution in [3.63, 3.8) is 0 Å². The Balaban J connectivity index is 3.26. The molecule has 1 atom stereocenters. The van der Waals surface area contributed by atoms with Crippen LogP contribution in [0.1, 0.15) is 118 Å². The van der Waals surface area contributed by atoms with E-state index in [2.05, 4.69) is 6.92 Å². The third-order valence-corrected chi connectivity index (χ3v) is 5.09. The van der Waals surface area contributed by atoms with Crippen LogP contribution in [0.15, 0.2) is 0 Å². The molecule has 0 radical (unpaired) electrons. The number of unbranched alkanes of at least 4 members (excludes halogenated alkanes) is 12. The van der Waals surface area contributed by atoms with Gasteiger partial charge in [-0.3, -0.25) is 4.79 Å². The predicted molar refractivity (Wildman–Crippen MR) is 101 cm³/mol. The monoisotopic (exact) mass is 326 g/mol. The molecule has 0 saturated carbocycles. The molecule has 0 spiro atoms. The highest BCUT2D eigenvalue weighted by atomic mass is 16.5. The Bertz CT molecular complexity index is 275. The van der Waals surface area contributed by atoms with E-state index in [0.717, 1.165) is 19.4 Å². The summed E-state index contributed by atoms with van der Waals surface area (Å²) >= 11 is 0. The maximum Gasteiger partial charge on any atom is 0.161 e. The first-order valence-electron chi connectivity index (χ1n) is 10.2. The molecule has 2 heteroatoms. The van der Waals surface area contributed by atoms with Gasteiger partial charge in [-0.05, 0) is 26.7 Å². The molecule has 0 rings (SSSR count). The van der Waals surface area contributed by atoms with Crippen LogP contribution in [0.2, 0.25) is 0 Å². The second kappa shape index (κ2) is 15.2. The maximum atomic E-state index is 11.5. The van der Waals surface area contributed by atoms with E-state index in [0.29, 0.717) is 0 Å². The van der Waals surface area contributed by atoms with Gasteiger partial charge in [0.2, 0.25) is 0 Å². The molecule has 0 N–H and O–H groups in total. The minimum absolute atomic E-state index is 0.148. The van der Waals surface area contributed by atoms with Gasteiger partial charge in [-0.15, -0.1) is 0 Å². The number of hydrogen-bond donors (Lipinski definition) is 0. The Hall–Kier alpha value is -0.370. The molecule has 0 aromatic carbocycles. The van der Waals surface area contributed by atoms with Crippen LogP contribution < -0.4 is 0 Å². The molecule has 0 saturated heterocycles. The highest BCUT2D eigenvalue weighted by molar-refractivity contribution is 5.84. The van der Waals surface area contributed by atoms with Crippen LogP contribution in [-0.4, -0.2) is 18.0 Å². The topological polar surface area (TPSA) is 26.3 Å². The minimum Gasteiger partial charge on any atom is -0.368 e. The summed E-state index contributed by atoms with van der Waals surface area (Å²) in [6.45, 7) is 8.57. The van der Waals surface area contributed by atoms with Crippen LogP contribution in [0.5, 0.6) is 0 Å². The fraction of sp³-hybridized carbons (Fsp3) is 0.952. The van der Waals surface area contributed by atoms with Crippen LogP contribution in [-0.2, 0) is 9.53 Å². The van der Waals surface area contributed by atoms with Crippen molar-refractivity contribution in [3.05, 3.63) is 0 Å². The van der Waals surface area contributed by atoms with Crippen LogP contribution in [0.4, 0.5) is 0 Å². The molecule has 0 heterocycles. The summed E-state index contributed by atoms with van der Waals surface area (Å²) in [6, 6.07) is 0. The molecule has 2 nitrogen and oxygen atoms in total. The van der Waals surface area contributed by atoms with Gasteiger partial charge in [-0.2, -0.15) is 0 Å². The van der Waals surface area contributed by atoms with Gasteiger partial charge in [0, 0.05) is 6.61 Å². The number of carbonyl (C=O) groups is 1. The van der Waals surface area contributed by atoms with E-state index in [1.54, 1.807) is 6.92 Å². The van der Waals surface area contributed by atoms with Crippen LogP contribution in [0, 0.1) is 0 Å². The van der Waals surface area contributed by atoms with Crippen molar-refractivity contribution in [3.8, 4) is 0 Å². The Morgan fingerprint density at radius 1 is 0.739 bits per heavy atom. The summed E-state index contributed by atoms with van der Waals surface area (Å²) in [7, 11) is 0. The molecule has 1 unspecified atom stereocenters. The van der Waals surface area contributed by atoms with Gasteiger partial charge in [-0.25, -0.2) is 0 Å². The lowest BCUT2D eigenvalue weighted by atomic mass is 9.98. The number of carbonyl (C=O) groups excluding carboxylic acids is 1. The third-order valence-electron chi connectivity index (χ3n) is 5.09. The quantitative estimate of drug-likeness (QED) is 0.273. The molecular formula is C21H42O2. The van der Waals surface area contributed by atoms with Crippen LogP contribution in [0.25, 0.3) is 0 Å². The number of ketones is 1. The van der Waals surface area contributed by atoms with Crippen molar-refractivity contribution in [2.75, 3.05) is 6.61 Å². The lowest BCUT2D eigenvalue weighted by Gasteiger charge is -2.25. The van der Waals surface area contributed by atoms with E-state index in [4.69, 9.17) is 4.74 Å². The number of Topliss-reactive ketones (excluding diaryl/α,β-unsaturated/α-hetero) is 1. The Labute approximate surface area is 145 Å². The SMILES string of the molecule is CCCCCCCCCCCCCCCOC(C)(CC)C(C)=O. The summed E-state index contributed by atoms with van der Waals surface area (Å²) in [5.74, 6) is 0.148. The van der Waals surface area contributed by atoms with E-state index < -0.39 is 5.60 Å². The third kappa shape index (κ3) is 12.7. The minimum atomic E-state index is -0.558. The summed E-state index contributed by atoms with van der Waals surface area (Å²) in [5.41, 5.74) is -0.558. The summed E-state index contributed by atoms with van der Waals surface area (Å²) < 4.78 is 5.79. The van der Waals surface area contributed by atoms with E-state index in [9.17, 15) is 4.79 Å². The normalized spacial score (nSPS) is 13.9. The fourth-order valence-corrected chi connectivity index (χ4v) is 2.87. The molecule has 0 aliphatic carbocycles. The molecule has 0 amide bonds. The second-order valence-electron chi connectivity index (χ2n) is 7.23. The van der Waals surface area contributed by atoms with Crippen molar-refractivity contribution in [1.82, 2.24) is 0 Å². The highest BCUT2D eigenvalue weighted by Gasteiger charge is 2.27. The van der Waals surface area contributed by atoms with Gasteiger partial charge in [-0.1, -0.05) is 90.9 Å². The van der Waals surface area contributed by atoms with Crippen LogP contribution >= 0.6 is 0 Å². The van der Waals surface area contributed by atoms with Crippen molar-refractivity contribution < 1.29 is 9.53 Å². The molecule has 0 aromatic rings. The van der Waals surface area contributed by atoms with E-state index in [1.165, 1.54) is 77.0 Å². The molecule has 23 heavy (non-hydrogen) atoms. The zero-order chi connectivity index (χ0) is 17.4. The molecule has 0 aliphatic heterocycles. The first-order valence-corrected chi connectivity index (χ1v) is 10.2. The first-order chi connectivity index (χ1) is 11.1. The van der Waals surface area contributed by atoms with Crippen molar-refractivity contribution in [2.45, 2.75) is 123 Å². The molecule has 0 bridgehead atoms.